The molecule has 2 N–H and O–H groups in total. The lowest BCUT2D eigenvalue weighted by Crippen LogP contribution is -2.17. The molecule has 1 aliphatic rings. The van der Waals surface area contributed by atoms with Gasteiger partial charge in [-0.15, -0.1) is 11.8 Å². The van der Waals surface area contributed by atoms with Gasteiger partial charge in [0.15, 0.2) is 0 Å². The average Bonchev–Trinajstić information content (AvgIpc) is 3.00. The first kappa shape index (κ1) is 10.0. The van der Waals surface area contributed by atoms with Crippen molar-refractivity contribution < 1.29 is 4.84 Å². The SMILES string of the molecule is CSc1cccc(C2(CON)CC2)c1. The minimum Gasteiger partial charge on any atom is -0.304 e. The zero-order valence-corrected chi connectivity index (χ0v) is 9.14. The molecule has 1 aromatic rings. The Morgan fingerprint density at radius 1 is 1.50 bits per heavy atom. The molecule has 0 saturated heterocycles. The van der Waals surface area contributed by atoms with Crippen LogP contribution in [0.2, 0.25) is 0 Å². The first-order valence-electron chi connectivity index (χ1n) is 4.77. The zero-order chi connectivity index (χ0) is 10.0. The van der Waals surface area contributed by atoms with Gasteiger partial charge in [-0.3, -0.25) is 0 Å². The maximum absolute atomic E-state index is 5.16. The van der Waals surface area contributed by atoms with E-state index in [1.54, 1.807) is 11.8 Å². The number of benzene rings is 1. The van der Waals surface area contributed by atoms with Crippen LogP contribution >= 0.6 is 11.8 Å². The Hall–Kier alpha value is -0.510. The second-order valence-corrected chi connectivity index (χ2v) is 4.70. The second kappa shape index (κ2) is 3.93. The number of nitrogens with two attached hydrogens (primary N) is 1. The standard InChI is InChI=1S/C11H15NOS/c1-14-10-4-2-3-9(7-10)11(5-6-11)8-13-12/h2-4,7H,5-6,8,12H2,1H3. The average molecular weight is 209 g/mol. The van der Waals surface area contributed by atoms with Gasteiger partial charge in [0.2, 0.25) is 0 Å². The number of thioether (sulfide) groups is 1. The minimum absolute atomic E-state index is 0.223. The number of rotatable bonds is 4. The lowest BCUT2D eigenvalue weighted by molar-refractivity contribution is 0.116. The van der Waals surface area contributed by atoms with E-state index in [4.69, 9.17) is 10.7 Å². The lowest BCUT2D eigenvalue weighted by Gasteiger charge is -2.14. The molecule has 3 heteroatoms. The van der Waals surface area contributed by atoms with Gasteiger partial charge in [0.25, 0.3) is 0 Å². The Morgan fingerprint density at radius 2 is 2.29 bits per heavy atom. The minimum atomic E-state index is 0.223. The van der Waals surface area contributed by atoms with Crippen LogP contribution < -0.4 is 5.90 Å². The highest BCUT2D eigenvalue weighted by molar-refractivity contribution is 7.98. The van der Waals surface area contributed by atoms with Crippen molar-refractivity contribution in [2.24, 2.45) is 5.90 Å². The number of hydrogen-bond donors (Lipinski definition) is 1. The molecule has 1 aromatic carbocycles. The van der Waals surface area contributed by atoms with Crippen molar-refractivity contribution in [1.29, 1.82) is 0 Å². The van der Waals surface area contributed by atoms with Crippen LogP contribution in [0.1, 0.15) is 18.4 Å². The molecular weight excluding hydrogens is 194 g/mol. The predicted molar refractivity (Wildman–Crippen MR) is 59.3 cm³/mol. The quantitative estimate of drug-likeness (QED) is 0.610. The van der Waals surface area contributed by atoms with E-state index in [0.29, 0.717) is 6.61 Å². The van der Waals surface area contributed by atoms with Crippen LogP contribution in [0.25, 0.3) is 0 Å². The van der Waals surface area contributed by atoms with Gasteiger partial charge in [0, 0.05) is 10.3 Å². The molecule has 1 saturated carbocycles. The third kappa shape index (κ3) is 1.80. The molecule has 1 fully saturated rings. The van der Waals surface area contributed by atoms with Gasteiger partial charge < -0.3 is 4.84 Å². The van der Waals surface area contributed by atoms with Crippen molar-refractivity contribution in [3.05, 3.63) is 29.8 Å². The molecule has 2 rings (SSSR count). The summed E-state index contributed by atoms with van der Waals surface area (Å²) in [6, 6.07) is 8.66. The monoisotopic (exact) mass is 209 g/mol. The van der Waals surface area contributed by atoms with Crippen molar-refractivity contribution in [1.82, 2.24) is 0 Å². The Labute approximate surface area is 88.8 Å². The fourth-order valence-corrected chi connectivity index (χ4v) is 2.24. The van der Waals surface area contributed by atoms with Crippen LogP contribution in [0.15, 0.2) is 29.2 Å². The fraction of sp³-hybridized carbons (Fsp3) is 0.455. The third-order valence-electron chi connectivity index (χ3n) is 2.90. The summed E-state index contributed by atoms with van der Waals surface area (Å²) in [5.74, 6) is 5.16. The van der Waals surface area contributed by atoms with E-state index >= 15 is 0 Å². The van der Waals surface area contributed by atoms with Crippen molar-refractivity contribution in [2.75, 3.05) is 12.9 Å². The molecule has 0 radical (unpaired) electrons. The fourth-order valence-electron chi connectivity index (χ4n) is 1.78. The van der Waals surface area contributed by atoms with E-state index in [2.05, 4.69) is 30.5 Å². The van der Waals surface area contributed by atoms with E-state index in [0.717, 1.165) is 0 Å². The molecule has 0 atom stereocenters. The Balaban J connectivity index is 2.23. The zero-order valence-electron chi connectivity index (χ0n) is 8.32. The first-order chi connectivity index (χ1) is 6.80. The Morgan fingerprint density at radius 3 is 2.86 bits per heavy atom. The van der Waals surface area contributed by atoms with Crippen LogP contribution in [-0.2, 0) is 10.3 Å². The van der Waals surface area contributed by atoms with E-state index in [9.17, 15) is 0 Å². The molecule has 0 amide bonds. The highest BCUT2D eigenvalue weighted by Crippen LogP contribution is 2.48. The molecule has 0 aromatic heterocycles. The highest BCUT2D eigenvalue weighted by atomic mass is 32.2. The summed E-state index contributed by atoms with van der Waals surface area (Å²) in [6.45, 7) is 0.644. The molecule has 0 aliphatic heterocycles. The van der Waals surface area contributed by atoms with Gasteiger partial charge in [-0.1, -0.05) is 12.1 Å². The highest BCUT2D eigenvalue weighted by Gasteiger charge is 2.44. The summed E-state index contributed by atoms with van der Waals surface area (Å²) in [5.41, 5.74) is 1.59. The lowest BCUT2D eigenvalue weighted by atomic mass is 9.97. The van der Waals surface area contributed by atoms with E-state index in [-0.39, 0.29) is 5.41 Å². The largest absolute Gasteiger partial charge is 0.304 e. The van der Waals surface area contributed by atoms with Gasteiger partial charge in [0.05, 0.1) is 6.61 Å². The van der Waals surface area contributed by atoms with Gasteiger partial charge in [-0.05, 0) is 36.8 Å². The summed E-state index contributed by atoms with van der Waals surface area (Å²) in [5, 5.41) is 0. The van der Waals surface area contributed by atoms with Crippen LogP contribution in [0.3, 0.4) is 0 Å². The van der Waals surface area contributed by atoms with Crippen molar-refractivity contribution >= 4 is 11.8 Å². The molecule has 0 bridgehead atoms. The van der Waals surface area contributed by atoms with Gasteiger partial charge >= 0.3 is 0 Å². The molecular formula is C11H15NOS. The number of hydrogen-bond acceptors (Lipinski definition) is 3. The summed E-state index contributed by atoms with van der Waals surface area (Å²) < 4.78 is 0. The van der Waals surface area contributed by atoms with Crippen LogP contribution in [0.4, 0.5) is 0 Å². The van der Waals surface area contributed by atoms with Crippen molar-refractivity contribution in [3.8, 4) is 0 Å². The third-order valence-corrected chi connectivity index (χ3v) is 3.62. The topological polar surface area (TPSA) is 35.2 Å². The predicted octanol–water partition coefficient (Wildman–Crippen LogP) is 2.33. The van der Waals surface area contributed by atoms with Crippen LogP contribution in [0, 0.1) is 0 Å². The van der Waals surface area contributed by atoms with E-state index in [1.165, 1.54) is 23.3 Å². The molecule has 2 nitrogen and oxygen atoms in total. The molecule has 0 unspecified atom stereocenters. The molecule has 0 heterocycles. The van der Waals surface area contributed by atoms with Gasteiger partial charge in [-0.2, -0.15) is 0 Å². The van der Waals surface area contributed by atoms with Crippen LogP contribution in [0.5, 0.6) is 0 Å². The smallest absolute Gasteiger partial charge is 0.0775 e. The van der Waals surface area contributed by atoms with E-state index < -0.39 is 0 Å². The second-order valence-electron chi connectivity index (χ2n) is 3.82. The molecule has 0 spiro atoms. The maximum atomic E-state index is 5.16. The normalized spacial score (nSPS) is 18.1. The Bertz CT molecular complexity index is 323. The summed E-state index contributed by atoms with van der Waals surface area (Å²) in [6.07, 6.45) is 4.49. The Kier molecular flexibility index (Phi) is 2.81. The van der Waals surface area contributed by atoms with Gasteiger partial charge in [-0.25, -0.2) is 5.90 Å². The molecule has 14 heavy (non-hydrogen) atoms. The maximum Gasteiger partial charge on any atom is 0.0775 e. The summed E-state index contributed by atoms with van der Waals surface area (Å²) in [4.78, 5) is 6.10. The van der Waals surface area contributed by atoms with Gasteiger partial charge in [0.1, 0.15) is 0 Å². The summed E-state index contributed by atoms with van der Waals surface area (Å²) in [7, 11) is 0. The summed E-state index contributed by atoms with van der Waals surface area (Å²) >= 11 is 1.77. The van der Waals surface area contributed by atoms with Crippen LogP contribution in [-0.4, -0.2) is 12.9 Å². The molecule has 1 aliphatic carbocycles. The first-order valence-corrected chi connectivity index (χ1v) is 5.99. The molecule has 76 valence electrons. The van der Waals surface area contributed by atoms with Crippen molar-refractivity contribution in [3.63, 3.8) is 0 Å². The van der Waals surface area contributed by atoms with E-state index in [1.807, 2.05) is 0 Å². The van der Waals surface area contributed by atoms with Crippen molar-refractivity contribution in [2.45, 2.75) is 23.2 Å².